The van der Waals surface area contributed by atoms with Gasteiger partial charge < -0.3 is 4.90 Å². The molecule has 0 aliphatic carbocycles. The molecule has 0 saturated heterocycles. The topological polar surface area (TPSA) is 16.1 Å². The van der Waals surface area contributed by atoms with Crippen LogP contribution in [0.15, 0.2) is 41.0 Å². The monoisotopic (exact) mass is 328 g/mol. The zero-order valence-electron chi connectivity index (χ0n) is 9.70. The number of nitrogens with zero attached hydrogens (tertiary/aromatic N) is 2. The maximum absolute atomic E-state index is 13.6. The van der Waals surface area contributed by atoms with Gasteiger partial charge in [-0.3, -0.25) is 0 Å². The number of anilines is 1. The quantitative estimate of drug-likeness (QED) is 0.836. The standard InChI is InChI=1S/C13H11BrClFN2/c1-18(13-5-2-10(14)7-17-13)8-9-6-11(15)3-4-12(9)16/h2-7H,8H2,1H3. The van der Waals surface area contributed by atoms with Crippen LogP contribution in [-0.4, -0.2) is 12.0 Å². The van der Waals surface area contributed by atoms with Gasteiger partial charge in [0.15, 0.2) is 0 Å². The molecule has 1 aromatic carbocycles. The van der Waals surface area contributed by atoms with Crippen LogP contribution < -0.4 is 4.90 Å². The molecule has 0 spiro atoms. The average molecular weight is 330 g/mol. The highest BCUT2D eigenvalue weighted by atomic mass is 79.9. The van der Waals surface area contributed by atoms with Crippen molar-refractivity contribution in [3.8, 4) is 0 Å². The fourth-order valence-electron chi connectivity index (χ4n) is 1.59. The minimum Gasteiger partial charge on any atom is -0.355 e. The van der Waals surface area contributed by atoms with E-state index in [2.05, 4.69) is 20.9 Å². The molecule has 94 valence electrons. The van der Waals surface area contributed by atoms with E-state index in [1.807, 2.05) is 24.1 Å². The van der Waals surface area contributed by atoms with Gasteiger partial charge in [-0.2, -0.15) is 0 Å². The fourth-order valence-corrected chi connectivity index (χ4v) is 2.02. The van der Waals surface area contributed by atoms with Crippen molar-refractivity contribution in [1.82, 2.24) is 4.98 Å². The molecule has 0 aliphatic rings. The first-order valence-electron chi connectivity index (χ1n) is 5.33. The van der Waals surface area contributed by atoms with Crippen molar-refractivity contribution in [2.75, 3.05) is 11.9 Å². The molecule has 0 radical (unpaired) electrons. The summed E-state index contributed by atoms with van der Waals surface area (Å²) in [5.74, 6) is 0.515. The van der Waals surface area contributed by atoms with Gasteiger partial charge in [0.05, 0.1) is 0 Å². The van der Waals surface area contributed by atoms with Crippen LogP contribution in [0.2, 0.25) is 5.02 Å². The minimum absolute atomic E-state index is 0.261. The molecule has 2 rings (SSSR count). The Bertz CT molecular complexity index is 545. The lowest BCUT2D eigenvalue weighted by Gasteiger charge is -2.18. The molecule has 0 atom stereocenters. The number of benzene rings is 1. The molecule has 0 N–H and O–H groups in total. The van der Waals surface area contributed by atoms with Crippen molar-refractivity contribution in [3.05, 3.63) is 57.4 Å². The number of hydrogen-bond donors (Lipinski definition) is 0. The summed E-state index contributed by atoms with van der Waals surface area (Å²) in [5.41, 5.74) is 0.551. The van der Waals surface area contributed by atoms with Crippen molar-refractivity contribution >= 4 is 33.3 Å². The van der Waals surface area contributed by atoms with Gasteiger partial charge in [-0.05, 0) is 46.3 Å². The first-order valence-corrected chi connectivity index (χ1v) is 6.50. The van der Waals surface area contributed by atoms with E-state index in [0.29, 0.717) is 17.1 Å². The summed E-state index contributed by atoms with van der Waals surface area (Å²) in [4.78, 5) is 6.11. The Hall–Kier alpha value is -1.13. The molecule has 0 saturated carbocycles. The van der Waals surface area contributed by atoms with Crippen LogP contribution in [-0.2, 0) is 6.54 Å². The zero-order valence-corrected chi connectivity index (χ0v) is 12.0. The predicted molar refractivity (Wildman–Crippen MR) is 75.5 cm³/mol. The van der Waals surface area contributed by atoms with Crippen molar-refractivity contribution < 1.29 is 4.39 Å². The summed E-state index contributed by atoms with van der Waals surface area (Å²) in [7, 11) is 1.86. The second-order valence-electron chi connectivity index (χ2n) is 3.93. The first-order chi connectivity index (χ1) is 8.56. The van der Waals surface area contributed by atoms with Gasteiger partial charge in [-0.15, -0.1) is 0 Å². The van der Waals surface area contributed by atoms with Gasteiger partial charge in [0.25, 0.3) is 0 Å². The molecular formula is C13H11BrClFN2. The van der Waals surface area contributed by atoms with E-state index in [9.17, 15) is 4.39 Å². The Kier molecular flexibility index (Phi) is 4.19. The third-order valence-electron chi connectivity index (χ3n) is 2.52. The molecule has 1 heterocycles. The molecule has 0 amide bonds. The van der Waals surface area contributed by atoms with Crippen LogP contribution >= 0.6 is 27.5 Å². The van der Waals surface area contributed by atoms with Gasteiger partial charge >= 0.3 is 0 Å². The molecule has 2 aromatic rings. The van der Waals surface area contributed by atoms with Gasteiger partial charge in [0.1, 0.15) is 11.6 Å². The van der Waals surface area contributed by atoms with Crippen molar-refractivity contribution in [1.29, 1.82) is 0 Å². The Morgan fingerprint density at radius 3 is 2.78 bits per heavy atom. The highest BCUT2D eigenvalue weighted by Gasteiger charge is 2.08. The maximum Gasteiger partial charge on any atom is 0.128 e. The molecule has 0 unspecified atom stereocenters. The number of hydrogen-bond acceptors (Lipinski definition) is 2. The molecule has 2 nitrogen and oxygen atoms in total. The molecular weight excluding hydrogens is 319 g/mol. The van der Waals surface area contributed by atoms with Gasteiger partial charge in [-0.25, -0.2) is 9.37 Å². The first kappa shape index (κ1) is 13.3. The summed E-state index contributed by atoms with van der Waals surface area (Å²) < 4.78 is 14.5. The lowest BCUT2D eigenvalue weighted by Crippen LogP contribution is -2.18. The van der Waals surface area contributed by atoms with E-state index >= 15 is 0 Å². The molecule has 18 heavy (non-hydrogen) atoms. The number of halogens is 3. The summed E-state index contributed by atoms with van der Waals surface area (Å²) in [5, 5.41) is 0.531. The van der Waals surface area contributed by atoms with Crippen molar-refractivity contribution in [2.24, 2.45) is 0 Å². The van der Waals surface area contributed by atoms with E-state index in [0.717, 1.165) is 10.3 Å². The predicted octanol–water partition coefficient (Wildman–Crippen LogP) is 4.27. The smallest absolute Gasteiger partial charge is 0.128 e. The highest BCUT2D eigenvalue weighted by Crippen LogP contribution is 2.19. The summed E-state index contributed by atoms with van der Waals surface area (Å²) in [6.45, 7) is 0.418. The molecule has 0 aliphatic heterocycles. The zero-order chi connectivity index (χ0) is 13.1. The molecule has 0 fully saturated rings. The normalized spacial score (nSPS) is 10.4. The number of rotatable bonds is 3. The lowest BCUT2D eigenvalue weighted by molar-refractivity contribution is 0.607. The van der Waals surface area contributed by atoms with Crippen LogP contribution in [0, 0.1) is 5.82 Å². The Morgan fingerprint density at radius 2 is 2.11 bits per heavy atom. The van der Waals surface area contributed by atoms with Crippen LogP contribution in [0.3, 0.4) is 0 Å². The second kappa shape index (κ2) is 5.67. The van der Waals surface area contributed by atoms with E-state index in [-0.39, 0.29) is 5.82 Å². The summed E-state index contributed by atoms with van der Waals surface area (Å²) >= 11 is 9.18. The van der Waals surface area contributed by atoms with E-state index in [4.69, 9.17) is 11.6 Å². The molecule has 5 heteroatoms. The molecule has 1 aromatic heterocycles. The third kappa shape index (κ3) is 3.21. The van der Waals surface area contributed by atoms with Gasteiger partial charge in [-0.1, -0.05) is 11.6 Å². The van der Waals surface area contributed by atoms with Crippen molar-refractivity contribution in [2.45, 2.75) is 6.54 Å². The number of aromatic nitrogens is 1. The number of pyridine rings is 1. The Morgan fingerprint density at radius 1 is 1.33 bits per heavy atom. The maximum atomic E-state index is 13.6. The Labute approximate surface area is 119 Å². The van der Waals surface area contributed by atoms with Crippen LogP contribution in [0.25, 0.3) is 0 Å². The van der Waals surface area contributed by atoms with Gasteiger partial charge in [0, 0.05) is 34.8 Å². The van der Waals surface area contributed by atoms with Crippen LogP contribution in [0.1, 0.15) is 5.56 Å². The highest BCUT2D eigenvalue weighted by molar-refractivity contribution is 9.10. The van der Waals surface area contributed by atoms with Crippen LogP contribution in [0.4, 0.5) is 10.2 Å². The van der Waals surface area contributed by atoms with E-state index in [1.54, 1.807) is 12.3 Å². The average Bonchev–Trinajstić information content (AvgIpc) is 2.34. The van der Waals surface area contributed by atoms with Crippen molar-refractivity contribution in [3.63, 3.8) is 0 Å². The fraction of sp³-hybridized carbons (Fsp3) is 0.154. The minimum atomic E-state index is -0.261. The lowest BCUT2D eigenvalue weighted by atomic mass is 10.2. The van der Waals surface area contributed by atoms with Gasteiger partial charge in [0.2, 0.25) is 0 Å². The third-order valence-corrected chi connectivity index (χ3v) is 3.22. The van der Waals surface area contributed by atoms with E-state index in [1.165, 1.54) is 12.1 Å². The summed E-state index contributed by atoms with van der Waals surface area (Å²) in [6, 6.07) is 8.31. The summed E-state index contributed by atoms with van der Waals surface area (Å²) in [6.07, 6.45) is 1.71. The SMILES string of the molecule is CN(Cc1cc(Cl)ccc1F)c1ccc(Br)cn1. The Balaban J connectivity index is 2.18. The largest absolute Gasteiger partial charge is 0.355 e. The molecule has 0 bridgehead atoms. The van der Waals surface area contributed by atoms with E-state index < -0.39 is 0 Å². The second-order valence-corrected chi connectivity index (χ2v) is 5.28. The van der Waals surface area contributed by atoms with Crippen LogP contribution in [0.5, 0.6) is 0 Å².